The van der Waals surface area contributed by atoms with E-state index in [9.17, 15) is 22.8 Å². The van der Waals surface area contributed by atoms with Crippen LogP contribution in [0.4, 0.5) is 18.9 Å². The Bertz CT molecular complexity index is 690. The lowest BCUT2D eigenvalue weighted by molar-refractivity contribution is -0.116. The van der Waals surface area contributed by atoms with E-state index in [1.54, 1.807) is 16.8 Å². The van der Waals surface area contributed by atoms with E-state index in [1.807, 2.05) is 0 Å². The van der Waals surface area contributed by atoms with Crippen LogP contribution in [0.1, 0.15) is 16.8 Å². The Labute approximate surface area is 128 Å². The molecule has 0 spiro atoms. The molecule has 8 heteroatoms. The molecule has 1 heterocycles. The zero-order valence-electron chi connectivity index (χ0n) is 11.2. The molecule has 0 saturated heterocycles. The molecule has 1 aromatic carbocycles. The van der Waals surface area contributed by atoms with E-state index >= 15 is 0 Å². The van der Waals surface area contributed by atoms with Crippen LogP contribution in [-0.2, 0) is 4.79 Å². The third-order valence-corrected chi connectivity index (χ3v) is 3.41. The summed E-state index contributed by atoms with van der Waals surface area (Å²) in [5.41, 5.74) is 0.0325. The zero-order valence-corrected chi connectivity index (χ0v) is 12.0. The topological polar surface area (TPSA) is 58.2 Å². The van der Waals surface area contributed by atoms with Gasteiger partial charge in [0, 0.05) is 23.9 Å². The second-order valence-electron chi connectivity index (χ2n) is 4.29. The Hall–Kier alpha value is -2.35. The number of carbonyl (C=O) groups is 2. The minimum atomic E-state index is -1.65. The van der Waals surface area contributed by atoms with Crippen molar-refractivity contribution in [3.8, 4) is 0 Å². The van der Waals surface area contributed by atoms with Crippen LogP contribution in [0.25, 0.3) is 0 Å². The Morgan fingerprint density at radius 1 is 1.09 bits per heavy atom. The van der Waals surface area contributed by atoms with Crippen LogP contribution in [-0.4, -0.2) is 18.4 Å². The van der Waals surface area contributed by atoms with Crippen molar-refractivity contribution in [2.24, 2.45) is 0 Å². The number of benzene rings is 1. The number of hydrogen-bond acceptors (Lipinski definition) is 3. The van der Waals surface area contributed by atoms with Gasteiger partial charge >= 0.3 is 0 Å². The number of nitrogens with one attached hydrogen (secondary N) is 2. The number of halogens is 3. The summed E-state index contributed by atoms with van der Waals surface area (Å²) in [5.74, 6) is -5.40. The number of thiophene rings is 1. The number of anilines is 1. The predicted octanol–water partition coefficient (Wildman–Crippen LogP) is 2.92. The van der Waals surface area contributed by atoms with Gasteiger partial charge in [-0.1, -0.05) is 0 Å². The molecule has 0 saturated carbocycles. The molecule has 4 nitrogen and oxygen atoms in total. The van der Waals surface area contributed by atoms with Crippen molar-refractivity contribution < 1.29 is 22.8 Å². The molecular formula is C14H11F3N2O2S. The van der Waals surface area contributed by atoms with Gasteiger partial charge in [-0.3, -0.25) is 9.59 Å². The van der Waals surface area contributed by atoms with Gasteiger partial charge in [-0.05, 0) is 23.6 Å². The molecule has 0 fully saturated rings. The molecule has 2 aromatic rings. The van der Waals surface area contributed by atoms with Gasteiger partial charge < -0.3 is 10.6 Å². The molecule has 0 radical (unpaired) electrons. The maximum Gasteiger partial charge on any atom is 0.252 e. The highest BCUT2D eigenvalue weighted by Crippen LogP contribution is 2.19. The average Bonchev–Trinajstić information content (AvgIpc) is 3.02. The van der Waals surface area contributed by atoms with Gasteiger partial charge in [0.1, 0.15) is 0 Å². The number of amides is 2. The van der Waals surface area contributed by atoms with Gasteiger partial charge in [0.2, 0.25) is 5.91 Å². The van der Waals surface area contributed by atoms with Crippen molar-refractivity contribution in [3.05, 3.63) is 52.0 Å². The van der Waals surface area contributed by atoms with Gasteiger partial charge in [-0.2, -0.15) is 11.3 Å². The van der Waals surface area contributed by atoms with Crippen molar-refractivity contribution in [2.45, 2.75) is 6.42 Å². The number of hydrogen-bond donors (Lipinski definition) is 2. The van der Waals surface area contributed by atoms with E-state index in [-0.39, 0.29) is 18.9 Å². The lowest BCUT2D eigenvalue weighted by Gasteiger charge is -2.08. The average molecular weight is 328 g/mol. The Balaban J connectivity index is 1.84. The summed E-state index contributed by atoms with van der Waals surface area (Å²) in [7, 11) is 0. The molecular weight excluding hydrogens is 317 g/mol. The molecule has 0 aliphatic heterocycles. The first-order chi connectivity index (χ1) is 10.5. The molecule has 0 aliphatic carbocycles. The standard InChI is InChI=1S/C14H11F3N2O2S/c15-9-1-2-10(13(17)12(9)16)19-11(20)3-5-18-14(21)8-4-6-22-7-8/h1-2,4,6-7H,3,5H2,(H,18,21)(H,19,20). The quantitative estimate of drug-likeness (QED) is 0.829. The van der Waals surface area contributed by atoms with Gasteiger partial charge in [0.05, 0.1) is 5.69 Å². The van der Waals surface area contributed by atoms with Crippen LogP contribution in [0.3, 0.4) is 0 Å². The highest BCUT2D eigenvalue weighted by atomic mass is 32.1. The second kappa shape index (κ2) is 7.08. The first-order valence-electron chi connectivity index (χ1n) is 6.23. The number of rotatable bonds is 5. The molecule has 2 amide bonds. The molecule has 116 valence electrons. The molecule has 22 heavy (non-hydrogen) atoms. The van der Waals surface area contributed by atoms with Crippen molar-refractivity contribution in [1.82, 2.24) is 5.32 Å². The van der Waals surface area contributed by atoms with E-state index in [0.717, 1.165) is 6.07 Å². The Morgan fingerprint density at radius 3 is 2.55 bits per heavy atom. The van der Waals surface area contributed by atoms with Crippen LogP contribution < -0.4 is 10.6 Å². The van der Waals surface area contributed by atoms with Gasteiger partial charge in [-0.15, -0.1) is 0 Å². The summed E-state index contributed by atoms with van der Waals surface area (Å²) in [5, 5.41) is 8.04. The van der Waals surface area contributed by atoms with Crippen LogP contribution in [0.15, 0.2) is 29.0 Å². The largest absolute Gasteiger partial charge is 0.351 e. The van der Waals surface area contributed by atoms with E-state index in [0.29, 0.717) is 11.6 Å². The van der Waals surface area contributed by atoms with Gasteiger partial charge in [-0.25, -0.2) is 13.2 Å². The van der Waals surface area contributed by atoms with Crippen LogP contribution >= 0.6 is 11.3 Å². The third-order valence-electron chi connectivity index (χ3n) is 2.73. The Kier molecular flexibility index (Phi) is 5.16. The van der Waals surface area contributed by atoms with E-state index < -0.39 is 29.0 Å². The van der Waals surface area contributed by atoms with Crippen LogP contribution in [0.5, 0.6) is 0 Å². The van der Waals surface area contributed by atoms with Crippen molar-refractivity contribution in [1.29, 1.82) is 0 Å². The molecule has 0 aliphatic rings. The maximum absolute atomic E-state index is 13.4. The lowest BCUT2D eigenvalue weighted by Crippen LogP contribution is -2.27. The molecule has 0 unspecified atom stereocenters. The van der Waals surface area contributed by atoms with Crippen molar-refractivity contribution >= 4 is 28.8 Å². The molecule has 1 aromatic heterocycles. The first-order valence-corrected chi connectivity index (χ1v) is 7.17. The Morgan fingerprint density at radius 2 is 1.86 bits per heavy atom. The summed E-state index contributed by atoms with van der Waals surface area (Å²) < 4.78 is 39.1. The second-order valence-corrected chi connectivity index (χ2v) is 5.07. The smallest absolute Gasteiger partial charge is 0.252 e. The van der Waals surface area contributed by atoms with Gasteiger partial charge in [0.25, 0.3) is 5.91 Å². The van der Waals surface area contributed by atoms with Crippen molar-refractivity contribution in [3.63, 3.8) is 0 Å². The van der Waals surface area contributed by atoms with Crippen molar-refractivity contribution in [2.75, 3.05) is 11.9 Å². The van der Waals surface area contributed by atoms with Crippen LogP contribution in [0, 0.1) is 17.5 Å². The number of carbonyl (C=O) groups excluding carboxylic acids is 2. The molecule has 0 atom stereocenters. The molecule has 0 bridgehead atoms. The maximum atomic E-state index is 13.4. The summed E-state index contributed by atoms with van der Waals surface area (Å²) >= 11 is 1.37. The monoisotopic (exact) mass is 328 g/mol. The highest BCUT2D eigenvalue weighted by molar-refractivity contribution is 7.08. The van der Waals surface area contributed by atoms with E-state index in [4.69, 9.17) is 0 Å². The van der Waals surface area contributed by atoms with Crippen LogP contribution in [0.2, 0.25) is 0 Å². The summed E-state index contributed by atoms with van der Waals surface area (Å²) in [4.78, 5) is 23.2. The summed E-state index contributed by atoms with van der Waals surface area (Å²) in [6.45, 7) is 0.0335. The first kappa shape index (κ1) is 16.0. The fourth-order valence-corrected chi connectivity index (χ4v) is 2.26. The third kappa shape index (κ3) is 3.85. The summed E-state index contributed by atoms with van der Waals surface area (Å²) in [6, 6.07) is 3.28. The normalized spacial score (nSPS) is 10.3. The zero-order chi connectivity index (χ0) is 16.1. The minimum absolute atomic E-state index is 0.0335. The predicted molar refractivity (Wildman–Crippen MR) is 76.2 cm³/mol. The van der Waals surface area contributed by atoms with E-state index in [2.05, 4.69) is 10.6 Å². The SMILES string of the molecule is O=C(CCNC(=O)c1ccsc1)Nc1ccc(F)c(F)c1F. The lowest BCUT2D eigenvalue weighted by atomic mass is 10.2. The highest BCUT2D eigenvalue weighted by Gasteiger charge is 2.15. The minimum Gasteiger partial charge on any atom is -0.351 e. The molecule has 2 rings (SSSR count). The fourth-order valence-electron chi connectivity index (χ4n) is 1.62. The fraction of sp³-hybridized carbons (Fsp3) is 0.143. The molecule has 2 N–H and O–H groups in total. The summed E-state index contributed by atoms with van der Waals surface area (Å²) in [6.07, 6.45) is -0.131. The van der Waals surface area contributed by atoms with E-state index in [1.165, 1.54) is 11.3 Å². The van der Waals surface area contributed by atoms with Gasteiger partial charge in [0.15, 0.2) is 17.5 Å².